The Morgan fingerprint density at radius 1 is 1.29 bits per heavy atom. The molecule has 94 valence electrons. The Morgan fingerprint density at radius 3 is 2.59 bits per heavy atom. The third-order valence-corrected chi connectivity index (χ3v) is 4.57. The van der Waals surface area contributed by atoms with Crippen molar-refractivity contribution in [2.45, 2.75) is 50.4 Å². The van der Waals surface area contributed by atoms with Crippen molar-refractivity contribution >= 4 is 0 Å². The van der Waals surface area contributed by atoms with Crippen LogP contribution in [-0.2, 0) is 13.6 Å². The van der Waals surface area contributed by atoms with Gasteiger partial charge in [-0.15, -0.1) is 0 Å². The molecule has 3 heterocycles. The smallest absolute Gasteiger partial charge is 0.122 e. The zero-order chi connectivity index (χ0) is 11.8. The Bertz CT molecular complexity index is 373. The van der Waals surface area contributed by atoms with Crippen molar-refractivity contribution in [3.63, 3.8) is 0 Å². The predicted octanol–water partition coefficient (Wildman–Crippen LogP) is 1.13. The number of fused-ring (bicyclic) bond motifs is 2. The topological polar surface area (TPSA) is 33.1 Å². The molecule has 0 spiro atoms. The first-order valence-electron chi connectivity index (χ1n) is 6.65. The molecule has 0 radical (unpaired) electrons. The number of nitrogens with zero attached hydrogens (tertiary/aromatic N) is 3. The first kappa shape index (κ1) is 11.2. The highest BCUT2D eigenvalue weighted by molar-refractivity contribution is 4.97. The monoisotopic (exact) mass is 234 g/mol. The van der Waals surface area contributed by atoms with Crippen LogP contribution in [0.4, 0.5) is 0 Å². The molecule has 4 nitrogen and oxygen atoms in total. The van der Waals surface area contributed by atoms with E-state index < -0.39 is 0 Å². The van der Waals surface area contributed by atoms with Gasteiger partial charge < -0.3 is 14.8 Å². The van der Waals surface area contributed by atoms with E-state index in [-0.39, 0.29) is 0 Å². The quantitative estimate of drug-likeness (QED) is 0.851. The molecule has 17 heavy (non-hydrogen) atoms. The lowest BCUT2D eigenvalue weighted by atomic mass is 9.98. The third-order valence-electron chi connectivity index (χ3n) is 4.57. The van der Waals surface area contributed by atoms with Crippen molar-refractivity contribution < 1.29 is 0 Å². The molecule has 1 aromatic rings. The number of rotatable bonds is 3. The van der Waals surface area contributed by atoms with E-state index in [1.54, 1.807) is 0 Å². The largest absolute Gasteiger partial charge is 0.337 e. The van der Waals surface area contributed by atoms with Gasteiger partial charge in [-0.1, -0.05) is 0 Å². The van der Waals surface area contributed by atoms with Crippen LogP contribution in [0.3, 0.4) is 0 Å². The van der Waals surface area contributed by atoms with E-state index in [1.807, 2.05) is 12.4 Å². The third kappa shape index (κ3) is 2.11. The van der Waals surface area contributed by atoms with Crippen molar-refractivity contribution in [3.05, 3.63) is 18.2 Å². The number of aromatic nitrogens is 2. The Labute approximate surface area is 103 Å². The lowest BCUT2D eigenvalue weighted by Crippen LogP contribution is -2.47. The van der Waals surface area contributed by atoms with Gasteiger partial charge in [0.1, 0.15) is 5.82 Å². The van der Waals surface area contributed by atoms with Crippen LogP contribution in [0.1, 0.15) is 31.5 Å². The number of hydrogen-bond acceptors (Lipinski definition) is 3. The summed E-state index contributed by atoms with van der Waals surface area (Å²) < 4.78 is 2.09. The fourth-order valence-corrected chi connectivity index (χ4v) is 3.38. The predicted molar refractivity (Wildman–Crippen MR) is 67.6 cm³/mol. The Hall–Kier alpha value is -0.870. The molecule has 4 heteroatoms. The number of piperidine rings is 1. The van der Waals surface area contributed by atoms with E-state index in [0.29, 0.717) is 6.04 Å². The van der Waals surface area contributed by atoms with E-state index in [2.05, 4.69) is 33.9 Å². The molecule has 0 aliphatic carbocycles. The molecule has 2 fully saturated rings. The summed E-state index contributed by atoms with van der Waals surface area (Å²) in [6.45, 7) is 0.900. The second-order valence-electron chi connectivity index (χ2n) is 5.55. The van der Waals surface area contributed by atoms with Crippen LogP contribution >= 0.6 is 0 Å². The van der Waals surface area contributed by atoms with E-state index in [0.717, 1.165) is 24.5 Å². The van der Waals surface area contributed by atoms with Gasteiger partial charge in [0, 0.05) is 37.6 Å². The van der Waals surface area contributed by atoms with Crippen LogP contribution in [0.15, 0.2) is 12.4 Å². The minimum absolute atomic E-state index is 0.681. The molecule has 0 amide bonds. The van der Waals surface area contributed by atoms with Gasteiger partial charge in [0.15, 0.2) is 0 Å². The molecule has 2 aliphatic heterocycles. The molecule has 2 unspecified atom stereocenters. The van der Waals surface area contributed by atoms with Crippen LogP contribution in [0.25, 0.3) is 0 Å². The van der Waals surface area contributed by atoms with Gasteiger partial charge >= 0.3 is 0 Å². The lowest BCUT2D eigenvalue weighted by molar-refractivity contribution is 0.148. The normalized spacial score (nSPS) is 33.2. The summed E-state index contributed by atoms with van der Waals surface area (Å²) in [5.41, 5.74) is 0. The average Bonchev–Trinajstić information content (AvgIpc) is 2.78. The maximum absolute atomic E-state index is 4.36. The van der Waals surface area contributed by atoms with Crippen LogP contribution < -0.4 is 5.32 Å². The fourth-order valence-electron chi connectivity index (χ4n) is 3.38. The molecule has 3 rings (SSSR count). The van der Waals surface area contributed by atoms with Crippen molar-refractivity contribution in [2.75, 3.05) is 7.05 Å². The fraction of sp³-hybridized carbons (Fsp3) is 0.769. The van der Waals surface area contributed by atoms with Gasteiger partial charge in [0.2, 0.25) is 0 Å². The molecular weight excluding hydrogens is 212 g/mol. The summed E-state index contributed by atoms with van der Waals surface area (Å²) in [5, 5.41) is 3.68. The van der Waals surface area contributed by atoms with E-state index in [4.69, 9.17) is 0 Å². The molecule has 2 saturated heterocycles. The average molecular weight is 234 g/mol. The molecule has 1 N–H and O–H groups in total. The molecule has 1 aromatic heterocycles. The highest BCUT2D eigenvalue weighted by Gasteiger charge is 2.38. The van der Waals surface area contributed by atoms with Crippen LogP contribution in [0, 0.1) is 0 Å². The molecule has 0 saturated carbocycles. The second-order valence-corrected chi connectivity index (χ2v) is 5.55. The number of hydrogen-bond donors (Lipinski definition) is 1. The van der Waals surface area contributed by atoms with Crippen molar-refractivity contribution in [1.82, 2.24) is 19.8 Å². The lowest BCUT2D eigenvalue weighted by Gasteiger charge is -2.36. The van der Waals surface area contributed by atoms with Crippen molar-refractivity contribution in [2.24, 2.45) is 7.05 Å². The summed E-state index contributed by atoms with van der Waals surface area (Å²) in [4.78, 5) is 6.94. The van der Waals surface area contributed by atoms with Crippen molar-refractivity contribution in [3.8, 4) is 0 Å². The number of aryl methyl sites for hydroxylation is 1. The maximum Gasteiger partial charge on any atom is 0.122 e. The molecule has 0 aromatic carbocycles. The van der Waals surface area contributed by atoms with Gasteiger partial charge in [0.25, 0.3) is 0 Å². The first-order valence-corrected chi connectivity index (χ1v) is 6.65. The zero-order valence-electron chi connectivity index (χ0n) is 10.8. The first-order chi connectivity index (χ1) is 8.24. The Morgan fingerprint density at radius 2 is 2.00 bits per heavy atom. The summed E-state index contributed by atoms with van der Waals surface area (Å²) in [5.74, 6) is 1.14. The molecular formula is C13H22N4. The highest BCUT2D eigenvalue weighted by atomic mass is 15.2. The summed E-state index contributed by atoms with van der Waals surface area (Å²) in [7, 11) is 4.35. The van der Waals surface area contributed by atoms with Gasteiger partial charge in [-0.3, -0.25) is 0 Å². The van der Waals surface area contributed by atoms with E-state index in [1.165, 1.54) is 25.7 Å². The molecule has 2 bridgehead atoms. The Kier molecular flexibility index (Phi) is 2.92. The molecule has 2 atom stereocenters. The van der Waals surface area contributed by atoms with Gasteiger partial charge in [-0.25, -0.2) is 4.98 Å². The SMILES string of the molecule is CN1C2CCC1CC(NCc1nccn1C)C2. The zero-order valence-corrected chi connectivity index (χ0v) is 10.8. The summed E-state index contributed by atoms with van der Waals surface area (Å²) >= 11 is 0. The number of nitrogens with one attached hydrogen (secondary N) is 1. The minimum atomic E-state index is 0.681. The van der Waals surface area contributed by atoms with Gasteiger partial charge in [-0.05, 0) is 32.7 Å². The van der Waals surface area contributed by atoms with Crippen molar-refractivity contribution in [1.29, 1.82) is 0 Å². The Balaban J connectivity index is 1.56. The van der Waals surface area contributed by atoms with Crippen LogP contribution in [-0.4, -0.2) is 39.6 Å². The summed E-state index contributed by atoms with van der Waals surface area (Å²) in [6.07, 6.45) is 9.27. The van der Waals surface area contributed by atoms with E-state index >= 15 is 0 Å². The summed E-state index contributed by atoms with van der Waals surface area (Å²) in [6, 6.07) is 2.31. The van der Waals surface area contributed by atoms with Crippen LogP contribution in [0.5, 0.6) is 0 Å². The van der Waals surface area contributed by atoms with Gasteiger partial charge in [-0.2, -0.15) is 0 Å². The highest BCUT2D eigenvalue weighted by Crippen LogP contribution is 2.34. The van der Waals surface area contributed by atoms with Crippen LogP contribution in [0.2, 0.25) is 0 Å². The second kappa shape index (κ2) is 4.42. The van der Waals surface area contributed by atoms with E-state index in [9.17, 15) is 0 Å². The maximum atomic E-state index is 4.36. The molecule has 2 aliphatic rings. The minimum Gasteiger partial charge on any atom is -0.337 e. The van der Waals surface area contributed by atoms with Gasteiger partial charge in [0.05, 0.1) is 6.54 Å². The standard InChI is InChI=1S/C13H22N4/c1-16-6-5-14-13(16)9-15-10-7-11-3-4-12(8-10)17(11)2/h5-6,10-12,15H,3-4,7-9H2,1-2H3. The number of imidazole rings is 1.